The number of amidine groups is 1. The molecule has 0 atom stereocenters. The number of nitrogens with one attached hydrogen (secondary N) is 1. The highest BCUT2D eigenvalue weighted by molar-refractivity contribution is 6.32. The van der Waals surface area contributed by atoms with E-state index in [0.29, 0.717) is 12.1 Å². The minimum absolute atomic E-state index is 0.0262. The maximum atomic E-state index is 12.0. The van der Waals surface area contributed by atoms with Gasteiger partial charge in [0.15, 0.2) is 12.4 Å². The lowest BCUT2D eigenvalue weighted by Gasteiger charge is -2.08. The minimum Gasteiger partial charge on any atom is -0.384 e. The zero-order chi connectivity index (χ0) is 23.3. The number of anilines is 1. The molecule has 2 aromatic carbocycles. The molecule has 0 saturated carbocycles. The molecule has 10 nitrogen and oxygen atoms in total. The fourth-order valence-electron chi connectivity index (χ4n) is 2.98. The van der Waals surface area contributed by atoms with Crippen molar-refractivity contribution in [3.63, 3.8) is 0 Å². The van der Waals surface area contributed by atoms with Gasteiger partial charge in [0.1, 0.15) is 5.02 Å². The number of nitrogens with zero attached hydrogens (tertiary/aromatic N) is 4. The standard InChI is InChI=1S/C21H21ClN6O4/c1-13-8-14(2)27(25-13)11-15-4-3-5-16(9-15)21(23)26-32-12-20(29)24-17-6-7-18(22)19(10-17)28(30)31/h3-10H,11-12H2,1-2H3,(H2,23,26)(H,24,29). The van der Waals surface area contributed by atoms with Crippen LogP contribution in [0.3, 0.4) is 0 Å². The Labute approximate surface area is 188 Å². The summed E-state index contributed by atoms with van der Waals surface area (Å²) in [5.41, 5.74) is 9.49. The zero-order valence-corrected chi connectivity index (χ0v) is 18.2. The molecule has 11 heteroatoms. The predicted molar refractivity (Wildman–Crippen MR) is 121 cm³/mol. The number of hydrogen-bond acceptors (Lipinski definition) is 6. The maximum absolute atomic E-state index is 12.0. The molecule has 1 heterocycles. The third-order valence-electron chi connectivity index (χ3n) is 4.44. The second-order valence-corrected chi connectivity index (χ2v) is 7.41. The van der Waals surface area contributed by atoms with Crippen LogP contribution in [0, 0.1) is 24.0 Å². The lowest BCUT2D eigenvalue weighted by Crippen LogP contribution is -2.19. The Kier molecular flexibility index (Phi) is 7.06. The van der Waals surface area contributed by atoms with Crippen LogP contribution in [0.4, 0.5) is 11.4 Å². The molecule has 0 saturated heterocycles. The molecule has 3 aromatic rings. The topological polar surface area (TPSA) is 138 Å². The highest BCUT2D eigenvalue weighted by Gasteiger charge is 2.14. The Hall–Kier alpha value is -3.92. The molecular formula is C21H21ClN6O4. The van der Waals surface area contributed by atoms with Gasteiger partial charge in [-0.15, -0.1) is 0 Å². The summed E-state index contributed by atoms with van der Waals surface area (Å²) in [4.78, 5) is 27.4. The molecule has 3 rings (SSSR count). The molecule has 0 unspecified atom stereocenters. The monoisotopic (exact) mass is 456 g/mol. The van der Waals surface area contributed by atoms with E-state index in [1.807, 2.05) is 42.8 Å². The number of rotatable bonds is 8. The van der Waals surface area contributed by atoms with Crippen molar-refractivity contribution in [2.24, 2.45) is 10.9 Å². The summed E-state index contributed by atoms with van der Waals surface area (Å²) in [6.07, 6.45) is 0. The van der Waals surface area contributed by atoms with E-state index in [1.54, 1.807) is 6.07 Å². The Morgan fingerprint density at radius 2 is 2.06 bits per heavy atom. The molecular weight excluding hydrogens is 436 g/mol. The summed E-state index contributed by atoms with van der Waals surface area (Å²) in [7, 11) is 0. The van der Waals surface area contributed by atoms with Crippen molar-refractivity contribution in [2.45, 2.75) is 20.4 Å². The van der Waals surface area contributed by atoms with Crippen LogP contribution < -0.4 is 11.1 Å². The number of hydrogen-bond donors (Lipinski definition) is 2. The zero-order valence-electron chi connectivity index (χ0n) is 17.4. The van der Waals surface area contributed by atoms with E-state index in [9.17, 15) is 14.9 Å². The van der Waals surface area contributed by atoms with Crippen LogP contribution in [0.15, 0.2) is 53.7 Å². The Morgan fingerprint density at radius 1 is 1.28 bits per heavy atom. The van der Waals surface area contributed by atoms with Gasteiger partial charge in [0.2, 0.25) is 0 Å². The average molecular weight is 457 g/mol. The Morgan fingerprint density at radius 3 is 2.75 bits per heavy atom. The molecule has 32 heavy (non-hydrogen) atoms. The van der Waals surface area contributed by atoms with Crippen molar-refractivity contribution in [1.29, 1.82) is 0 Å². The molecule has 0 aliphatic rings. The van der Waals surface area contributed by atoms with E-state index in [4.69, 9.17) is 22.2 Å². The molecule has 166 valence electrons. The van der Waals surface area contributed by atoms with Gasteiger partial charge >= 0.3 is 0 Å². The van der Waals surface area contributed by atoms with Crippen molar-refractivity contribution < 1.29 is 14.6 Å². The van der Waals surface area contributed by atoms with E-state index >= 15 is 0 Å². The number of nitro groups is 1. The fraction of sp³-hybridized carbons (Fsp3) is 0.190. The first kappa shape index (κ1) is 22.8. The van der Waals surface area contributed by atoms with Gasteiger partial charge in [-0.25, -0.2) is 0 Å². The van der Waals surface area contributed by atoms with Crippen molar-refractivity contribution in [1.82, 2.24) is 9.78 Å². The Bertz CT molecular complexity index is 1190. The van der Waals surface area contributed by atoms with Crippen LogP contribution in [0.1, 0.15) is 22.5 Å². The van der Waals surface area contributed by atoms with Crippen molar-refractivity contribution in [3.8, 4) is 0 Å². The highest BCUT2D eigenvalue weighted by Crippen LogP contribution is 2.27. The number of carbonyl (C=O) groups is 1. The number of aryl methyl sites for hydroxylation is 2. The highest BCUT2D eigenvalue weighted by atomic mass is 35.5. The van der Waals surface area contributed by atoms with Crippen LogP contribution in [0.5, 0.6) is 0 Å². The molecule has 1 aromatic heterocycles. The third-order valence-corrected chi connectivity index (χ3v) is 4.76. The number of halogens is 1. The summed E-state index contributed by atoms with van der Waals surface area (Å²) >= 11 is 5.75. The number of carbonyl (C=O) groups excluding carboxylic acids is 1. The summed E-state index contributed by atoms with van der Waals surface area (Å²) in [6.45, 7) is 4.08. The van der Waals surface area contributed by atoms with E-state index < -0.39 is 17.4 Å². The molecule has 0 spiro atoms. The first-order valence-electron chi connectivity index (χ1n) is 9.52. The molecule has 3 N–H and O–H groups in total. The fourth-order valence-corrected chi connectivity index (χ4v) is 3.16. The summed E-state index contributed by atoms with van der Waals surface area (Å²) < 4.78 is 1.89. The van der Waals surface area contributed by atoms with Crippen LogP contribution >= 0.6 is 11.6 Å². The number of nitro benzene ring substituents is 1. The number of aromatic nitrogens is 2. The van der Waals surface area contributed by atoms with Crippen LogP contribution in [-0.4, -0.2) is 33.1 Å². The van der Waals surface area contributed by atoms with Gasteiger partial charge < -0.3 is 15.9 Å². The third kappa shape index (κ3) is 5.82. The second kappa shape index (κ2) is 9.92. The number of nitrogens with two attached hydrogens (primary N) is 1. The van der Waals surface area contributed by atoms with Gasteiger partial charge in [0.05, 0.1) is 17.2 Å². The smallest absolute Gasteiger partial charge is 0.289 e. The quantitative estimate of drug-likeness (QED) is 0.230. The van der Waals surface area contributed by atoms with Gasteiger partial charge in [-0.2, -0.15) is 5.10 Å². The van der Waals surface area contributed by atoms with Gasteiger partial charge in [-0.3, -0.25) is 19.6 Å². The lowest BCUT2D eigenvalue weighted by molar-refractivity contribution is -0.384. The predicted octanol–water partition coefficient (Wildman–Crippen LogP) is 3.39. The maximum Gasteiger partial charge on any atom is 0.289 e. The number of benzene rings is 2. The summed E-state index contributed by atoms with van der Waals surface area (Å²) in [5, 5.41) is 21.6. The average Bonchev–Trinajstić information content (AvgIpc) is 3.06. The van der Waals surface area contributed by atoms with Crippen LogP contribution in [0.25, 0.3) is 0 Å². The van der Waals surface area contributed by atoms with E-state index in [0.717, 1.165) is 23.0 Å². The minimum atomic E-state index is -0.636. The van der Waals surface area contributed by atoms with Crippen molar-refractivity contribution in [2.75, 3.05) is 11.9 Å². The van der Waals surface area contributed by atoms with Gasteiger partial charge in [-0.1, -0.05) is 35.0 Å². The molecule has 0 fully saturated rings. The van der Waals surface area contributed by atoms with E-state index in [-0.39, 0.29) is 22.2 Å². The summed E-state index contributed by atoms with van der Waals surface area (Å²) in [5.74, 6) is -0.452. The molecule has 0 aliphatic carbocycles. The second-order valence-electron chi connectivity index (χ2n) is 7.01. The molecule has 0 radical (unpaired) electrons. The number of oxime groups is 1. The van der Waals surface area contributed by atoms with Gasteiger partial charge in [-0.05, 0) is 43.7 Å². The largest absolute Gasteiger partial charge is 0.384 e. The van der Waals surface area contributed by atoms with E-state index in [1.165, 1.54) is 12.1 Å². The molecule has 1 amide bonds. The first-order chi connectivity index (χ1) is 15.2. The van der Waals surface area contributed by atoms with Gasteiger partial charge in [0.25, 0.3) is 11.6 Å². The van der Waals surface area contributed by atoms with Crippen molar-refractivity contribution in [3.05, 3.63) is 86.2 Å². The lowest BCUT2D eigenvalue weighted by atomic mass is 10.1. The Balaban J connectivity index is 1.59. The normalized spacial score (nSPS) is 11.3. The molecule has 0 bridgehead atoms. The summed E-state index contributed by atoms with van der Waals surface area (Å²) in [6, 6.07) is 13.4. The SMILES string of the molecule is Cc1cc(C)n(Cc2cccc(/C(N)=N/OCC(=O)Nc3ccc(Cl)c([N+](=O)[O-])c3)c2)n1. The number of amides is 1. The van der Waals surface area contributed by atoms with Crippen LogP contribution in [0.2, 0.25) is 5.02 Å². The van der Waals surface area contributed by atoms with E-state index in [2.05, 4.69) is 15.6 Å². The van der Waals surface area contributed by atoms with Crippen LogP contribution in [-0.2, 0) is 16.2 Å². The first-order valence-corrected chi connectivity index (χ1v) is 9.90. The molecule has 0 aliphatic heterocycles. The van der Waals surface area contributed by atoms with Crippen molar-refractivity contribution >= 4 is 34.7 Å². The van der Waals surface area contributed by atoms with Gasteiger partial charge in [0, 0.05) is 23.0 Å².